The van der Waals surface area contributed by atoms with Crippen LogP contribution in [0.2, 0.25) is 0 Å². The lowest BCUT2D eigenvalue weighted by atomic mass is 10.2. The van der Waals surface area contributed by atoms with Gasteiger partial charge in [-0.3, -0.25) is 0 Å². The zero-order chi connectivity index (χ0) is 14.4. The van der Waals surface area contributed by atoms with E-state index in [0.29, 0.717) is 23.7 Å². The quantitative estimate of drug-likeness (QED) is 0.880. The molecule has 106 valence electrons. The second-order valence-corrected chi connectivity index (χ2v) is 4.21. The molecule has 2 aromatic carbocycles. The third-order valence-corrected chi connectivity index (χ3v) is 3.02. The average molecular weight is 274 g/mol. The van der Waals surface area contributed by atoms with Crippen LogP contribution in [0.4, 0.5) is 0 Å². The van der Waals surface area contributed by atoms with Crippen molar-refractivity contribution in [3.63, 3.8) is 0 Å². The van der Waals surface area contributed by atoms with Crippen molar-refractivity contribution in [3.05, 3.63) is 53.6 Å². The van der Waals surface area contributed by atoms with Crippen molar-refractivity contribution in [3.8, 4) is 17.2 Å². The molecule has 0 aliphatic carbocycles. The predicted octanol–water partition coefficient (Wildman–Crippen LogP) is 2.78. The summed E-state index contributed by atoms with van der Waals surface area (Å²) in [7, 11) is 3.20. The maximum Gasteiger partial charge on any atom is 0.167 e. The standard InChI is InChI=1S/C16H18O4/c1-18-14-8-4-3-6-13(14)11-20-16-12(10-17)7-5-9-15(16)19-2/h3-9,17H,10-11H2,1-2H3. The number of aliphatic hydroxyl groups excluding tert-OH is 1. The van der Waals surface area contributed by atoms with Crippen molar-refractivity contribution in [2.45, 2.75) is 13.2 Å². The first kappa shape index (κ1) is 14.2. The number of rotatable bonds is 6. The number of hydrogen-bond donors (Lipinski definition) is 1. The van der Waals surface area contributed by atoms with E-state index in [9.17, 15) is 5.11 Å². The van der Waals surface area contributed by atoms with Gasteiger partial charge in [-0.25, -0.2) is 0 Å². The van der Waals surface area contributed by atoms with Gasteiger partial charge in [0.25, 0.3) is 0 Å². The Kier molecular flexibility index (Phi) is 4.85. The first-order chi connectivity index (χ1) is 9.80. The van der Waals surface area contributed by atoms with Gasteiger partial charge in [-0.2, -0.15) is 0 Å². The molecular weight excluding hydrogens is 256 g/mol. The zero-order valence-corrected chi connectivity index (χ0v) is 11.6. The van der Waals surface area contributed by atoms with Gasteiger partial charge in [-0.15, -0.1) is 0 Å². The van der Waals surface area contributed by atoms with Crippen LogP contribution in [0.15, 0.2) is 42.5 Å². The molecule has 0 saturated heterocycles. The summed E-state index contributed by atoms with van der Waals surface area (Å²) in [5, 5.41) is 9.38. The van der Waals surface area contributed by atoms with Gasteiger partial charge in [0.15, 0.2) is 11.5 Å². The van der Waals surface area contributed by atoms with Crippen LogP contribution in [0.5, 0.6) is 17.2 Å². The Labute approximate surface area is 118 Å². The van der Waals surface area contributed by atoms with Crippen molar-refractivity contribution in [2.24, 2.45) is 0 Å². The highest BCUT2D eigenvalue weighted by atomic mass is 16.5. The summed E-state index contributed by atoms with van der Waals surface area (Å²) < 4.78 is 16.4. The van der Waals surface area contributed by atoms with Crippen molar-refractivity contribution in [1.29, 1.82) is 0 Å². The maximum absolute atomic E-state index is 9.38. The number of ether oxygens (including phenoxy) is 3. The summed E-state index contributed by atoms with van der Waals surface area (Å²) in [6.07, 6.45) is 0. The van der Waals surface area contributed by atoms with Crippen LogP contribution < -0.4 is 14.2 Å². The molecule has 0 spiro atoms. The van der Waals surface area contributed by atoms with Gasteiger partial charge < -0.3 is 19.3 Å². The van der Waals surface area contributed by atoms with Crippen molar-refractivity contribution >= 4 is 0 Å². The monoisotopic (exact) mass is 274 g/mol. The van der Waals surface area contributed by atoms with E-state index in [1.54, 1.807) is 26.4 Å². The largest absolute Gasteiger partial charge is 0.496 e. The summed E-state index contributed by atoms with van der Waals surface area (Å²) in [5.41, 5.74) is 1.63. The minimum absolute atomic E-state index is 0.0988. The number of aliphatic hydroxyl groups is 1. The van der Waals surface area contributed by atoms with E-state index >= 15 is 0 Å². The Balaban J connectivity index is 2.22. The summed E-state index contributed by atoms with van der Waals surface area (Å²) in [6, 6.07) is 13.1. The SMILES string of the molecule is COc1ccccc1COc1c(CO)cccc1OC. The first-order valence-corrected chi connectivity index (χ1v) is 6.31. The predicted molar refractivity (Wildman–Crippen MR) is 76.2 cm³/mol. The average Bonchev–Trinajstić information content (AvgIpc) is 2.52. The van der Waals surface area contributed by atoms with E-state index in [2.05, 4.69) is 0 Å². The normalized spacial score (nSPS) is 10.2. The topological polar surface area (TPSA) is 47.9 Å². The highest BCUT2D eigenvalue weighted by molar-refractivity contribution is 5.46. The number of para-hydroxylation sites is 2. The molecule has 0 radical (unpaired) electrons. The van der Waals surface area contributed by atoms with E-state index in [1.807, 2.05) is 30.3 Å². The van der Waals surface area contributed by atoms with E-state index < -0.39 is 0 Å². The highest BCUT2D eigenvalue weighted by Crippen LogP contribution is 2.32. The van der Waals surface area contributed by atoms with Gasteiger partial charge in [0.2, 0.25) is 0 Å². The van der Waals surface area contributed by atoms with Crippen LogP contribution in [-0.4, -0.2) is 19.3 Å². The third kappa shape index (κ3) is 3.03. The lowest BCUT2D eigenvalue weighted by Crippen LogP contribution is -2.02. The second kappa shape index (κ2) is 6.82. The van der Waals surface area contributed by atoms with E-state index in [4.69, 9.17) is 14.2 Å². The van der Waals surface area contributed by atoms with Gasteiger partial charge >= 0.3 is 0 Å². The number of benzene rings is 2. The Bertz CT molecular complexity index is 544. The molecule has 1 N–H and O–H groups in total. The molecule has 0 unspecified atom stereocenters. The fourth-order valence-corrected chi connectivity index (χ4v) is 1.98. The molecule has 0 fully saturated rings. The van der Waals surface area contributed by atoms with E-state index in [1.165, 1.54) is 0 Å². The lowest BCUT2D eigenvalue weighted by Gasteiger charge is -2.15. The molecule has 2 aromatic rings. The molecule has 4 heteroatoms. The Morgan fingerprint density at radius 1 is 0.850 bits per heavy atom. The van der Waals surface area contributed by atoms with Gasteiger partial charge in [-0.05, 0) is 12.1 Å². The van der Waals surface area contributed by atoms with Crippen LogP contribution in [-0.2, 0) is 13.2 Å². The van der Waals surface area contributed by atoms with Crippen molar-refractivity contribution in [2.75, 3.05) is 14.2 Å². The number of hydrogen-bond acceptors (Lipinski definition) is 4. The second-order valence-electron chi connectivity index (χ2n) is 4.21. The Hall–Kier alpha value is -2.20. The zero-order valence-electron chi connectivity index (χ0n) is 11.6. The van der Waals surface area contributed by atoms with Gasteiger partial charge in [-0.1, -0.05) is 30.3 Å². The molecule has 0 saturated carbocycles. The minimum atomic E-state index is -0.0988. The van der Waals surface area contributed by atoms with E-state index in [0.717, 1.165) is 11.3 Å². The maximum atomic E-state index is 9.38. The molecule has 4 nitrogen and oxygen atoms in total. The van der Waals surface area contributed by atoms with Crippen LogP contribution in [0, 0.1) is 0 Å². The van der Waals surface area contributed by atoms with Crippen LogP contribution in [0.25, 0.3) is 0 Å². The fraction of sp³-hybridized carbons (Fsp3) is 0.250. The van der Waals surface area contributed by atoms with Crippen molar-refractivity contribution < 1.29 is 19.3 Å². The molecular formula is C16H18O4. The van der Waals surface area contributed by atoms with E-state index in [-0.39, 0.29) is 6.61 Å². The molecule has 20 heavy (non-hydrogen) atoms. The fourth-order valence-electron chi connectivity index (χ4n) is 1.98. The minimum Gasteiger partial charge on any atom is -0.496 e. The summed E-state index contributed by atoms with van der Waals surface area (Å²) in [5.74, 6) is 1.93. The molecule has 0 aliphatic rings. The molecule has 0 aliphatic heterocycles. The summed E-state index contributed by atoms with van der Waals surface area (Å²) in [4.78, 5) is 0. The van der Waals surface area contributed by atoms with Gasteiger partial charge in [0, 0.05) is 11.1 Å². The Morgan fingerprint density at radius 2 is 1.50 bits per heavy atom. The number of methoxy groups -OCH3 is 2. The Morgan fingerprint density at radius 3 is 2.20 bits per heavy atom. The van der Waals surface area contributed by atoms with Gasteiger partial charge in [0.1, 0.15) is 12.4 Å². The molecule has 0 aromatic heterocycles. The van der Waals surface area contributed by atoms with Crippen LogP contribution in [0.3, 0.4) is 0 Å². The van der Waals surface area contributed by atoms with Crippen LogP contribution in [0.1, 0.15) is 11.1 Å². The highest BCUT2D eigenvalue weighted by Gasteiger charge is 2.11. The molecule has 2 rings (SSSR count). The smallest absolute Gasteiger partial charge is 0.167 e. The lowest BCUT2D eigenvalue weighted by molar-refractivity contribution is 0.247. The third-order valence-electron chi connectivity index (χ3n) is 3.02. The molecule has 0 bridgehead atoms. The van der Waals surface area contributed by atoms with Gasteiger partial charge in [0.05, 0.1) is 20.8 Å². The van der Waals surface area contributed by atoms with Crippen LogP contribution >= 0.6 is 0 Å². The molecule has 0 heterocycles. The summed E-state index contributed by atoms with van der Waals surface area (Å²) >= 11 is 0. The van der Waals surface area contributed by atoms with Crippen molar-refractivity contribution in [1.82, 2.24) is 0 Å². The molecule has 0 amide bonds. The summed E-state index contributed by atoms with van der Waals surface area (Å²) in [6.45, 7) is 0.246. The molecule has 0 atom stereocenters. The first-order valence-electron chi connectivity index (χ1n) is 6.31.